The maximum Gasteiger partial charge on any atom is 0.417 e. The van der Waals surface area contributed by atoms with Crippen molar-refractivity contribution in [1.82, 2.24) is 0 Å². The summed E-state index contributed by atoms with van der Waals surface area (Å²) < 4.78 is 107. The molecule has 4 N–H and O–H groups in total. The highest BCUT2D eigenvalue weighted by Crippen LogP contribution is 2.41. The molecule has 0 aliphatic carbocycles. The molecule has 2 aromatic rings. The summed E-state index contributed by atoms with van der Waals surface area (Å²) >= 11 is 0. The molecule has 168 valence electrons. The van der Waals surface area contributed by atoms with Crippen LogP contribution >= 0.6 is 0 Å². The Labute approximate surface area is 172 Å². The number of rotatable bonds is 4. The first-order valence-corrected chi connectivity index (χ1v) is 9.88. The maximum atomic E-state index is 13.7. The van der Waals surface area contributed by atoms with Crippen LogP contribution in [0.2, 0.25) is 0 Å². The van der Waals surface area contributed by atoms with Gasteiger partial charge in [0.25, 0.3) is 5.91 Å². The van der Waals surface area contributed by atoms with E-state index in [1.54, 1.807) is 0 Å². The molecule has 0 fully saturated rings. The van der Waals surface area contributed by atoms with Crippen molar-refractivity contribution < 1.29 is 39.6 Å². The molecule has 1 amide bonds. The molecule has 0 saturated carbocycles. The van der Waals surface area contributed by atoms with Gasteiger partial charge in [0.1, 0.15) is 0 Å². The third-order valence-electron chi connectivity index (χ3n) is 4.12. The number of hydrogen-bond acceptors (Lipinski definition) is 3. The number of halogens is 6. The maximum absolute atomic E-state index is 13.7. The summed E-state index contributed by atoms with van der Waals surface area (Å²) in [6, 6.07) is 3.59. The molecule has 0 atom stereocenters. The van der Waals surface area contributed by atoms with Gasteiger partial charge in [-0.05, 0) is 36.2 Å². The van der Waals surface area contributed by atoms with Crippen molar-refractivity contribution in [3.05, 3.63) is 58.7 Å². The van der Waals surface area contributed by atoms with Crippen LogP contribution in [0.5, 0.6) is 0 Å². The molecular weight excluding hydrogens is 452 g/mol. The van der Waals surface area contributed by atoms with Crippen molar-refractivity contribution in [1.29, 1.82) is 0 Å². The van der Waals surface area contributed by atoms with E-state index in [2.05, 4.69) is 4.99 Å². The van der Waals surface area contributed by atoms with Gasteiger partial charge in [0.15, 0.2) is 5.96 Å². The van der Waals surface area contributed by atoms with Crippen LogP contribution in [-0.2, 0) is 28.6 Å². The number of alkyl halides is 6. The predicted octanol–water partition coefficient (Wildman–Crippen LogP) is 3.53. The third kappa shape index (κ3) is 4.98. The highest BCUT2D eigenvalue weighted by molar-refractivity contribution is 7.91. The number of nitrogens with two attached hydrogens (primary N) is 2. The summed E-state index contributed by atoms with van der Waals surface area (Å²) in [6.45, 7) is 1.40. The number of nitrogens with zero attached hydrogens (tertiary/aromatic N) is 1. The van der Waals surface area contributed by atoms with Crippen LogP contribution in [0.3, 0.4) is 0 Å². The number of sulfone groups is 1. The monoisotopic (exact) mass is 467 g/mol. The van der Waals surface area contributed by atoms with Crippen LogP contribution in [0.25, 0.3) is 0 Å². The van der Waals surface area contributed by atoms with Gasteiger partial charge < -0.3 is 11.5 Å². The van der Waals surface area contributed by atoms with Gasteiger partial charge in [-0.1, -0.05) is 19.1 Å². The zero-order chi connectivity index (χ0) is 23.8. The van der Waals surface area contributed by atoms with Crippen molar-refractivity contribution in [3.63, 3.8) is 0 Å². The summed E-state index contributed by atoms with van der Waals surface area (Å²) in [7, 11) is -5.30. The molecule has 13 heteroatoms. The molecule has 0 unspecified atom stereocenters. The van der Waals surface area contributed by atoms with Gasteiger partial charge >= 0.3 is 12.4 Å². The molecule has 0 heterocycles. The Morgan fingerprint density at radius 2 is 1.48 bits per heavy atom. The molecule has 0 aliphatic rings. The molecule has 2 rings (SSSR count). The topological polar surface area (TPSA) is 116 Å². The Balaban J connectivity index is 2.92. The first-order valence-electron chi connectivity index (χ1n) is 8.40. The quantitative estimate of drug-likeness (QED) is 0.406. The zero-order valence-electron chi connectivity index (χ0n) is 15.7. The van der Waals surface area contributed by atoms with Gasteiger partial charge in [0.2, 0.25) is 9.84 Å². The second kappa shape index (κ2) is 8.21. The Bertz CT molecular complexity index is 1150. The van der Waals surface area contributed by atoms with Crippen LogP contribution < -0.4 is 11.5 Å². The summed E-state index contributed by atoms with van der Waals surface area (Å²) in [6.07, 6.45) is -10.6. The molecule has 0 bridgehead atoms. The van der Waals surface area contributed by atoms with Crippen LogP contribution in [0.1, 0.15) is 34.0 Å². The van der Waals surface area contributed by atoms with E-state index in [9.17, 15) is 39.6 Å². The molecule has 0 saturated heterocycles. The Kier molecular flexibility index (Phi) is 6.40. The number of amides is 1. The highest BCUT2D eigenvalue weighted by Gasteiger charge is 2.42. The molecule has 2 aromatic carbocycles. The first-order chi connectivity index (χ1) is 14.1. The summed E-state index contributed by atoms with van der Waals surface area (Å²) in [5, 5.41) is 0. The van der Waals surface area contributed by atoms with E-state index in [1.807, 2.05) is 0 Å². The summed E-state index contributed by atoms with van der Waals surface area (Å²) in [5.41, 5.74) is 5.84. The van der Waals surface area contributed by atoms with Gasteiger partial charge in [-0.2, -0.15) is 31.3 Å². The minimum atomic E-state index is -5.32. The summed E-state index contributed by atoms with van der Waals surface area (Å²) in [5.74, 6) is -2.00. The van der Waals surface area contributed by atoms with Crippen molar-refractivity contribution in [2.75, 3.05) is 0 Å². The van der Waals surface area contributed by atoms with E-state index in [4.69, 9.17) is 11.5 Å². The van der Waals surface area contributed by atoms with Crippen molar-refractivity contribution in [2.24, 2.45) is 16.5 Å². The highest BCUT2D eigenvalue weighted by atomic mass is 32.2. The van der Waals surface area contributed by atoms with Gasteiger partial charge in [0, 0.05) is 5.56 Å². The van der Waals surface area contributed by atoms with E-state index >= 15 is 0 Å². The Hall–Kier alpha value is -3.09. The van der Waals surface area contributed by atoms with Gasteiger partial charge in [0.05, 0.1) is 20.9 Å². The van der Waals surface area contributed by atoms with Crippen LogP contribution in [0.15, 0.2) is 51.2 Å². The van der Waals surface area contributed by atoms with E-state index < -0.39 is 60.5 Å². The molecule has 6 nitrogen and oxygen atoms in total. The van der Waals surface area contributed by atoms with Gasteiger partial charge in [-0.3, -0.25) is 4.79 Å². The molecule has 0 spiro atoms. The van der Waals surface area contributed by atoms with Crippen molar-refractivity contribution >= 4 is 21.7 Å². The molecule has 0 radical (unpaired) electrons. The lowest BCUT2D eigenvalue weighted by atomic mass is 10.0. The fourth-order valence-electron chi connectivity index (χ4n) is 2.79. The number of benzene rings is 2. The number of carbonyl (C=O) groups is 1. The van der Waals surface area contributed by atoms with Crippen LogP contribution in [0.4, 0.5) is 26.3 Å². The number of aryl methyl sites for hydroxylation is 1. The molecule has 31 heavy (non-hydrogen) atoms. The van der Waals surface area contributed by atoms with Crippen molar-refractivity contribution in [3.8, 4) is 0 Å². The van der Waals surface area contributed by atoms with Crippen molar-refractivity contribution in [2.45, 2.75) is 35.5 Å². The fraction of sp³-hybridized carbons (Fsp3) is 0.222. The smallest absolute Gasteiger partial charge is 0.370 e. The largest absolute Gasteiger partial charge is 0.417 e. The zero-order valence-corrected chi connectivity index (χ0v) is 16.5. The second-order valence-electron chi connectivity index (χ2n) is 6.20. The summed E-state index contributed by atoms with van der Waals surface area (Å²) in [4.78, 5) is 12.5. The molecule has 0 aromatic heterocycles. The SMILES string of the molecule is CCc1cc(S(=O)(=O)c2ccccc2C(F)(F)F)c(C(F)(F)F)cc1C(=O)N=C(N)N. The van der Waals surface area contributed by atoms with Gasteiger partial charge in [-0.15, -0.1) is 0 Å². The fourth-order valence-corrected chi connectivity index (χ4v) is 4.52. The van der Waals surface area contributed by atoms with Crippen LogP contribution in [-0.4, -0.2) is 20.3 Å². The van der Waals surface area contributed by atoms with Crippen LogP contribution in [0, 0.1) is 0 Å². The Morgan fingerprint density at radius 1 is 0.935 bits per heavy atom. The van der Waals surface area contributed by atoms with E-state index in [-0.39, 0.29) is 18.1 Å². The number of aliphatic imine (C=N–C) groups is 1. The normalized spacial score (nSPS) is 12.5. The minimum absolute atomic E-state index is 0.136. The molecular formula is C18H15F6N3O3S. The lowest BCUT2D eigenvalue weighted by Gasteiger charge is -2.19. The first kappa shape index (κ1) is 24.2. The van der Waals surface area contributed by atoms with Gasteiger partial charge in [-0.25, -0.2) is 8.42 Å². The lowest BCUT2D eigenvalue weighted by molar-refractivity contribution is -0.140. The number of guanidine groups is 1. The minimum Gasteiger partial charge on any atom is -0.370 e. The lowest BCUT2D eigenvalue weighted by Crippen LogP contribution is -2.25. The second-order valence-corrected chi connectivity index (χ2v) is 8.08. The third-order valence-corrected chi connectivity index (χ3v) is 5.98. The standard InChI is InChI=1S/C18H15F6N3O3S/c1-2-9-7-14(12(18(22,23)24)8-10(9)15(28)27-16(25)26)31(29,30)13-6-4-3-5-11(13)17(19,20)21/h3-8H,2H2,1H3,(H4,25,26,27,28). The Morgan fingerprint density at radius 3 is 1.97 bits per heavy atom. The number of carbonyl (C=O) groups excluding carboxylic acids is 1. The number of hydrogen-bond donors (Lipinski definition) is 2. The average molecular weight is 467 g/mol. The van der Waals surface area contributed by atoms with E-state index in [0.29, 0.717) is 18.2 Å². The van der Waals surface area contributed by atoms with E-state index in [1.165, 1.54) is 6.92 Å². The average Bonchev–Trinajstić information content (AvgIpc) is 2.64. The molecule has 0 aliphatic heterocycles. The predicted molar refractivity (Wildman–Crippen MR) is 97.9 cm³/mol. The van der Waals surface area contributed by atoms with E-state index in [0.717, 1.165) is 12.1 Å².